The lowest BCUT2D eigenvalue weighted by atomic mass is 10.2. The molecule has 5 heteroatoms. The molecule has 0 aliphatic rings. The Morgan fingerprint density at radius 2 is 1.95 bits per heavy atom. The molecule has 98 valence electrons. The smallest absolute Gasteiger partial charge is 0.253 e. The Hall–Kier alpha value is -1.20. The van der Waals surface area contributed by atoms with Crippen LogP contribution in [-0.2, 0) is 6.54 Å². The summed E-state index contributed by atoms with van der Waals surface area (Å²) in [5.74, 6) is -0.0224. The lowest BCUT2D eigenvalue weighted by molar-refractivity contribution is 0.0785. The number of nitrogens with zero attached hydrogens (tertiary/aromatic N) is 2. The van der Waals surface area contributed by atoms with Crippen LogP contribution >= 0.6 is 31.9 Å². The highest BCUT2D eigenvalue weighted by atomic mass is 79.9. The maximum absolute atomic E-state index is 12.3. The van der Waals surface area contributed by atoms with E-state index in [1.165, 1.54) is 0 Å². The molecule has 1 amide bonds. The molecule has 0 atom stereocenters. The number of amides is 1. The number of carbonyl (C=O) groups is 1. The van der Waals surface area contributed by atoms with Crippen LogP contribution in [0.3, 0.4) is 0 Å². The van der Waals surface area contributed by atoms with Crippen LogP contribution in [-0.4, -0.2) is 22.8 Å². The second kappa shape index (κ2) is 6.30. The molecule has 3 nitrogen and oxygen atoms in total. The standard InChI is InChI=1S/C14H12Br2N2O/c1-18(9-10-3-2-4-17-8-10)14(19)11-5-12(15)7-13(16)6-11/h2-8H,9H2,1H3. The highest BCUT2D eigenvalue weighted by molar-refractivity contribution is 9.11. The van der Waals surface area contributed by atoms with Crippen LogP contribution in [0, 0.1) is 0 Å². The predicted molar refractivity (Wildman–Crippen MR) is 81.9 cm³/mol. The Morgan fingerprint density at radius 3 is 2.53 bits per heavy atom. The summed E-state index contributed by atoms with van der Waals surface area (Å²) in [7, 11) is 1.78. The Balaban J connectivity index is 2.15. The van der Waals surface area contributed by atoms with Gasteiger partial charge in [-0.3, -0.25) is 9.78 Å². The number of hydrogen-bond donors (Lipinski definition) is 0. The first kappa shape index (κ1) is 14.2. The predicted octanol–water partition coefficient (Wildman–Crippen LogP) is 3.88. The van der Waals surface area contributed by atoms with Crippen LogP contribution in [0.15, 0.2) is 51.7 Å². The Labute approximate surface area is 128 Å². The summed E-state index contributed by atoms with van der Waals surface area (Å²) in [4.78, 5) is 18.0. The van der Waals surface area contributed by atoms with E-state index in [1.807, 2.05) is 30.3 Å². The zero-order valence-corrected chi connectivity index (χ0v) is 13.5. The molecular formula is C14H12Br2N2O. The van der Waals surface area contributed by atoms with E-state index in [4.69, 9.17) is 0 Å². The fourth-order valence-corrected chi connectivity index (χ4v) is 3.03. The van der Waals surface area contributed by atoms with Crippen LogP contribution in [0.4, 0.5) is 0 Å². The van der Waals surface area contributed by atoms with Gasteiger partial charge in [-0.1, -0.05) is 37.9 Å². The molecule has 0 spiro atoms. The minimum absolute atomic E-state index is 0.0224. The fraction of sp³-hybridized carbons (Fsp3) is 0.143. The normalized spacial score (nSPS) is 10.3. The number of benzene rings is 1. The van der Waals surface area contributed by atoms with Crippen LogP contribution in [0.5, 0.6) is 0 Å². The largest absolute Gasteiger partial charge is 0.337 e. The van der Waals surface area contributed by atoms with Crippen LogP contribution in [0.25, 0.3) is 0 Å². The van der Waals surface area contributed by atoms with Gasteiger partial charge in [0, 0.05) is 40.5 Å². The second-order valence-electron chi connectivity index (χ2n) is 4.18. The average molecular weight is 384 g/mol. The Morgan fingerprint density at radius 1 is 1.26 bits per heavy atom. The van der Waals surface area contributed by atoms with Gasteiger partial charge < -0.3 is 4.90 Å². The van der Waals surface area contributed by atoms with Gasteiger partial charge >= 0.3 is 0 Å². The minimum Gasteiger partial charge on any atom is -0.337 e. The second-order valence-corrected chi connectivity index (χ2v) is 6.01. The SMILES string of the molecule is CN(Cc1cccnc1)C(=O)c1cc(Br)cc(Br)c1. The van der Waals surface area contributed by atoms with Gasteiger partial charge in [-0.2, -0.15) is 0 Å². The topological polar surface area (TPSA) is 33.2 Å². The highest BCUT2D eigenvalue weighted by Crippen LogP contribution is 2.21. The van der Waals surface area contributed by atoms with Crippen LogP contribution < -0.4 is 0 Å². The van der Waals surface area contributed by atoms with Gasteiger partial charge in [-0.15, -0.1) is 0 Å². The first-order valence-electron chi connectivity index (χ1n) is 5.67. The molecule has 2 aromatic rings. The average Bonchev–Trinajstić information content (AvgIpc) is 2.37. The molecule has 0 saturated carbocycles. The fourth-order valence-electron chi connectivity index (χ4n) is 1.74. The van der Waals surface area contributed by atoms with Gasteiger partial charge in [-0.05, 0) is 29.8 Å². The zero-order valence-electron chi connectivity index (χ0n) is 10.3. The van der Waals surface area contributed by atoms with Crippen molar-refractivity contribution < 1.29 is 4.79 Å². The summed E-state index contributed by atoms with van der Waals surface area (Å²) < 4.78 is 1.75. The van der Waals surface area contributed by atoms with E-state index in [2.05, 4.69) is 36.8 Å². The third-order valence-electron chi connectivity index (χ3n) is 2.60. The summed E-state index contributed by atoms with van der Waals surface area (Å²) in [6.45, 7) is 0.538. The number of pyridine rings is 1. The summed E-state index contributed by atoms with van der Waals surface area (Å²) >= 11 is 6.77. The lowest BCUT2D eigenvalue weighted by Gasteiger charge is -2.17. The van der Waals surface area contributed by atoms with Crippen molar-refractivity contribution in [3.05, 3.63) is 62.8 Å². The molecule has 19 heavy (non-hydrogen) atoms. The molecule has 0 aliphatic carbocycles. The molecule has 2 rings (SSSR count). The first-order chi connectivity index (χ1) is 9.06. The van der Waals surface area contributed by atoms with Gasteiger partial charge in [-0.25, -0.2) is 0 Å². The maximum atomic E-state index is 12.3. The van der Waals surface area contributed by atoms with Gasteiger partial charge in [0.05, 0.1) is 0 Å². The quantitative estimate of drug-likeness (QED) is 0.805. The third-order valence-corrected chi connectivity index (χ3v) is 3.51. The number of halogens is 2. The van der Waals surface area contributed by atoms with E-state index in [-0.39, 0.29) is 5.91 Å². The molecule has 1 aromatic heterocycles. The maximum Gasteiger partial charge on any atom is 0.253 e. The monoisotopic (exact) mass is 382 g/mol. The van der Waals surface area contributed by atoms with Crippen molar-refractivity contribution in [1.82, 2.24) is 9.88 Å². The molecule has 0 radical (unpaired) electrons. The molecule has 0 saturated heterocycles. The molecular weight excluding hydrogens is 372 g/mol. The molecule has 1 heterocycles. The Bertz CT molecular complexity index is 567. The van der Waals surface area contributed by atoms with Crippen molar-refractivity contribution in [2.24, 2.45) is 0 Å². The van der Waals surface area contributed by atoms with Crippen LogP contribution in [0.2, 0.25) is 0 Å². The number of carbonyl (C=O) groups excluding carboxylic acids is 1. The van der Waals surface area contributed by atoms with Crippen LogP contribution in [0.1, 0.15) is 15.9 Å². The number of rotatable bonds is 3. The number of aromatic nitrogens is 1. The van der Waals surface area contributed by atoms with Gasteiger partial charge in [0.2, 0.25) is 0 Å². The minimum atomic E-state index is -0.0224. The van der Waals surface area contributed by atoms with Crippen molar-refractivity contribution in [3.63, 3.8) is 0 Å². The van der Waals surface area contributed by atoms with Gasteiger partial charge in [0.15, 0.2) is 0 Å². The van der Waals surface area contributed by atoms with E-state index >= 15 is 0 Å². The summed E-state index contributed by atoms with van der Waals surface area (Å²) in [5.41, 5.74) is 1.65. The van der Waals surface area contributed by atoms with Gasteiger partial charge in [0.25, 0.3) is 5.91 Å². The van der Waals surface area contributed by atoms with Crippen molar-refractivity contribution in [3.8, 4) is 0 Å². The highest BCUT2D eigenvalue weighted by Gasteiger charge is 2.13. The number of hydrogen-bond acceptors (Lipinski definition) is 2. The summed E-state index contributed by atoms with van der Waals surface area (Å²) in [6.07, 6.45) is 3.48. The third kappa shape index (κ3) is 3.88. The first-order valence-corrected chi connectivity index (χ1v) is 7.25. The zero-order chi connectivity index (χ0) is 13.8. The summed E-state index contributed by atoms with van der Waals surface area (Å²) in [5, 5.41) is 0. The van der Waals surface area contributed by atoms with Crippen molar-refractivity contribution >= 4 is 37.8 Å². The summed E-state index contributed by atoms with van der Waals surface area (Å²) in [6, 6.07) is 9.34. The molecule has 0 unspecified atom stereocenters. The lowest BCUT2D eigenvalue weighted by Crippen LogP contribution is -2.26. The van der Waals surface area contributed by atoms with Crippen molar-refractivity contribution in [2.75, 3.05) is 7.05 Å². The molecule has 0 bridgehead atoms. The molecule has 0 aliphatic heterocycles. The molecule has 1 aromatic carbocycles. The van der Waals surface area contributed by atoms with Gasteiger partial charge in [0.1, 0.15) is 0 Å². The van der Waals surface area contributed by atoms with E-state index in [0.717, 1.165) is 14.5 Å². The van der Waals surface area contributed by atoms with Crippen molar-refractivity contribution in [1.29, 1.82) is 0 Å². The van der Waals surface area contributed by atoms with E-state index in [1.54, 1.807) is 24.3 Å². The molecule has 0 N–H and O–H groups in total. The molecule has 0 fully saturated rings. The van der Waals surface area contributed by atoms with E-state index < -0.39 is 0 Å². The van der Waals surface area contributed by atoms with E-state index in [9.17, 15) is 4.79 Å². The van der Waals surface area contributed by atoms with Crippen molar-refractivity contribution in [2.45, 2.75) is 6.54 Å². The Kier molecular flexibility index (Phi) is 4.71. The van der Waals surface area contributed by atoms with E-state index in [0.29, 0.717) is 12.1 Å².